The molecule has 2 fully saturated rings. The van der Waals surface area contributed by atoms with Crippen LogP contribution in [0.2, 0.25) is 0 Å². The van der Waals surface area contributed by atoms with Crippen molar-refractivity contribution in [1.82, 2.24) is 19.3 Å². The number of imidazole rings is 1. The van der Waals surface area contributed by atoms with Gasteiger partial charge in [-0.3, -0.25) is 9.20 Å². The smallest absolute Gasteiger partial charge is 0.382 e. The number of nitrogens with two attached hydrogens (primary N) is 1. The molecule has 1 amide bonds. The van der Waals surface area contributed by atoms with Crippen molar-refractivity contribution in [3.8, 4) is 11.3 Å². The van der Waals surface area contributed by atoms with Gasteiger partial charge in [-0.05, 0) is 43.0 Å². The van der Waals surface area contributed by atoms with E-state index in [4.69, 9.17) is 15.5 Å². The van der Waals surface area contributed by atoms with Crippen molar-refractivity contribution in [3.63, 3.8) is 0 Å². The quantitative estimate of drug-likeness (QED) is 0.391. The largest absolute Gasteiger partial charge is 0.416 e. The van der Waals surface area contributed by atoms with Gasteiger partial charge in [-0.25, -0.2) is 9.97 Å². The Balaban J connectivity index is 1.35. The van der Waals surface area contributed by atoms with Gasteiger partial charge in [-0.15, -0.1) is 0 Å². The number of aromatic nitrogens is 3. The van der Waals surface area contributed by atoms with E-state index in [1.165, 1.54) is 19.1 Å². The summed E-state index contributed by atoms with van der Waals surface area (Å²) in [5.74, 6) is 1.04. The highest BCUT2D eigenvalue weighted by molar-refractivity contribution is 5.85. The first-order valence-corrected chi connectivity index (χ1v) is 13.0. The Morgan fingerprint density at radius 2 is 1.82 bits per heavy atom. The Morgan fingerprint density at radius 3 is 2.58 bits per heavy atom. The minimum atomic E-state index is -4.52. The Bertz CT molecular complexity index is 1580. The van der Waals surface area contributed by atoms with Crippen LogP contribution in [0.4, 0.5) is 19.0 Å². The summed E-state index contributed by atoms with van der Waals surface area (Å²) < 4.78 is 47.1. The third kappa shape index (κ3) is 4.48. The summed E-state index contributed by atoms with van der Waals surface area (Å²) in [6.45, 7) is 2.63. The first-order valence-electron chi connectivity index (χ1n) is 13.0. The van der Waals surface area contributed by atoms with Gasteiger partial charge in [0.25, 0.3) is 0 Å². The molecule has 3 atom stereocenters. The minimum Gasteiger partial charge on any atom is -0.382 e. The van der Waals surface area contributed by atoms with Gasteiger partial charge in [0, 0.05) is 30.4 Å². The van der Waals surface area contributed by atoms with Gasteiger partial charge >= 0.3 is 6.18 Å². The summed E-state index contributed by atoms with van der Waals surface area (Å²) in [4.78, 5) is 23.6. The Hall–Kier alpha value is -3.96. The lowest BCUT2D eigenvalue weighted by Crippen LogP contribution is -2.53. The number of ether oxygens (including phenoxy) is 1. The molecule has 0 radical (unpaired) electrons. The summed E-state index contributed by atoms with van der Waals surface area (Å²) in [5, 5.41) is 11.3. The average Bonchev–Trinajstić information content (AvgIpc) is 3.34. The third-order valence-electron chi connectivity index (χ3n) is 8.01. The summed E-state index contributed by atoms with van der Waals surface area (Å²) in [5.41, 5.74) is 6.32. The van der Waals surface area contributed by atoms with Crippen LogP contribution in [0, 0.1) is 0 Å². The fraction of sp³-hybridized carbons (Fsp3) is 0.345. The van der Waals surface area contributed by atoms with Crippen LogP contribution in [-0.4, -0.2) is 56.1 Å². The number of benzene rings is 2. The molecule has 40 heavy (non-hydrogen) atoms. The number of hydrogen-bond donors (Lipinski definition) is 2. The van der Waals surface area contributed by atoms with Crippen molar-refractivity contribution in [1.29, 1.82) is 0 Å². The Kier molecular flexibility index (Phi) is 6.30. The number of halogens is 3. The molecule has 2 aliphatic rings. The zero-order valence-electron chi connectivity index (χ0n) is 21.7. The van der Waals surface area contributed by atoms with E-state index in [1.54, 1.807) is 36.7 Å². The number of nitrogens with zero attached hydrogens (tertiary/aromatic N) is 4. The van der Waals surface area contributed by atoms with E-state index < -0.39 is 17.3 Å². The number of rotatable bonds is 4. The lowest BCUT2D eigenvalue weighted by Gasteiger charge is -2.41. The molecule has 0 saturated carbocycles. The number of carbonyl (C=O) groups excluding carboxylic acids is 1. The lowest BCUT2D eigenvalue weighted by atomic mass is 9.87. The minimum absolute atomic E-state index is 0.0118. The molecule has 11 heteroatoms. The summed E-state index contributed by atoms with van der Waals surface area (Å²) in [7, 11) is 0. The van der Waals surface area contributed by atoms with Crippen molar-refractivity contribution in [3.05, 3.63) is 83.4 Å². The van der Waals surface area contributed by atoms with E-state index in [-0.39, 0.29) is 30.0 Å². The number of hydrogen-bond acceptors (Lipinski definition) is 6. The number of morpholine rings is 1. The average molecular weight is 552 g/mol. The number of carbonyl (C=O) groups is 1. The topological polar surface area (TPSA) is 106 Å². The molecule has 2 saturated heterocycles. The van der Waals surface area contributed by atoms with Crippen LogP contribution in [-0.2, 0) is 21.3 Å². The number of amides is 1. The molecule has 2 aromatic carbocycles. The van der Waals surface area contributed by atoms with Crippen molar-refractivity contribution in [2.75, 3.05) is 25.5 Å². The lowest BCUT2D eigenvalue weighted by molar-refractivity contribution is -0.151. The molecule has 4 aromatic rings. The Morgan fingerprint density at radius 1 is 1.07 bits per heavy atom. The zero-order valence-corrected chi connectivity index (χ0v) is 21.7. The second-order valence-corrected chi connectivity index (χ2v) is 10.6. The summed E-state index contributed by atoms with van der Waals surface area (Å²) >= 11 is 0. The number of anilines is 1. The summed E-state index contributed by atoms with van der Waals surface area (Å²) in [6, 6.07) is 11.6. The van der Waals surface area contributed by atoms with E-state index in [0.717, 1.165) is 30.8 Å². The summed E-state index contributed by atoms with van der Waals surface area (Å²) in [6.07, 6.45) is 0.533. The van der Waals surface area contributed by atoms with Gasteiger partial charge in [0.2, 0.25) is 5.91 Å². The first-order chi connectivity index (χ1) is 19.0. The van der Waals surface area contributed by atoms with Crippen molar-refractivity contribution >= 4 is 17.2 Å². The van der Waals surface area contributed by atoms with Crippen LogP contribution in [0.3, 0.4) is 0 Å². The maximum Gasteiger partial charge on any atom is 0.416 e. The molecule has 8 nitrogen and oxygen atoms in total. The molecule has 0 unspecified atom stereocenters. The molecule has 0 aliphatic carbocycles. The standard InChI is InChI=1S/C29H28F3N5O3/c1-28(39,20-3-2-4-21(13-20)29(30,31)32)19-8-5-17(6-9-19)24-25-26(33)34-11-12-36(25)27(35-24)18-7-10-22-15-40-16-23(38)37(22)14-18/h2-6,8-9,11-13,18,22,39H,7,10,14-16H2,1H3,(H2,33,34)/t18-,22+,28+/m0/s1. The van der Waals surface area contributed by atoms with E-state index in [9.17, 15) is 23.1 Å². The zero-order chi connectivity index (χ0) is 28.2. The second-order valence-electron chi connectivity index (χ2n) is 10.6. The van der Waals surface area contributed by atoms with Crippen molar-refractivity contribution in [2.24, 2.45) is 0 Å². The molecular weight excluding hydrogens is 523 g/mol. The predicted molar refractivity (Wildman–Crippen MR) is 141 cm³/mol. The molecule has 2 aromatic heterocycles. The fourth-order valence-electron chi connectivity index (χ4n) is 5.78. The van der Waals surface area contributed by atoms with E-state index in [1.807, 2.05) is 9.30 Å². The van der Waals surface area contributed by atoms with Gasteiger partial charge < -0.3 is 20.5 Å². The monoisotopic (exact) mass is 551 g/mol. The molecule has 4 heterocycles. The van der Waals surface area contributed by atoms with E-state index in [2.05, 4.69) is 4.98 Å². The maximum absolute atomic E-state index is 13.3. The first kappa shape index (κ1) is 26.3. The number of nitrogen functional groups attached to an aromatic ring is 1. The van der Waals surface area contributed by atoms with Gasteiger partial charge in [0.15, 0.2) is 0 Å². The fourth-order valence-corrected chi connectivity index (χ4v) is 5.78. The van der Waals surface area contributed by atoms with Crippen LogP contribution in [0.25, 0.3) is 16.8 Å². The predicted octanol–water partition coefficient (Wildman–Crippen LogP) is 4.36. The SMILES string of the molecule is C[C@@](O)(c1ccc(-c2nc([C@H]3CC[C@@H]4COCC(=O)N4C3)n3ccnc(N)c23)cc1)c1cccc(C(F)(F)F)c1. The third-order valence-corrected chi connectivity index (χ3v) is 8.01. The van der Waals surface area contributed by atoms with E-state index in [0.29, 0.717) is 41.3 Å². The molecule has 3 N–H and O–H groups in total. The van der Waals surface area contributed by atoms with Crippen LogP contribution in [0.1, 0.15) is 48.2 Å². The normalized spacial score (nSPS) is 21.3. The highest BCUT2D eigenvalue weighted by Crippen LogP contribution is 2.38. The molecular formula is C29H28F3N5O3. The number of aliphatic hydroxyl groups is 1. The second kappa shape index (κ2) is 9.60. The van der Waals surface area contributed by atoms with Crippen molar-refractivity contribution < 1.29 is 27.8 Å². The molecule has 0 spiro atoms. The molecule has 2 aliphatic heterocycles. The molecule has 208 valence electrons. The van der Waals surface area contributed by atoms with Crippen LogP contribution in [0.15, 0.2) is 60.9 Å². The van der Waals surface area contributed by atoms with Crippen LogP contribution < -0.4 is 5.73 Å². The van der Waals surface area contributed by atoms with E-state index >= 15 is 0 Å². The van der Waals surface area contributed by atoms with Gasteiger partial charge in [-0.2, -0.15) is 13.2 Å². The number of piperidine rings is 1. The highest BCUT2D eigenvalue weighted by Gasteiger charge is 2.37. The van der Waals surface area contributed by atoms with Gasteiger partial charge in [0.1, 0.15) is 35.1 Å². The van der Waals surface area contributed by atoms with Crippen molar-refractivity contribution in [2.45, 2.75) is 43.5 Å². The van der Waals surface area contributed by atoms with Gasteiger partial charge in [0.05, 0.1) is 18.2 Å². The highest BCUT2D eigenvalue weighted by atomic mass is 19.4. The van der Waals surface area contributed by atoms with Gasteiger partial charge in [-0.1, -0.05) is 36.4 Å². The van der Waals surface area contributed by atoms with Crippen LogP contribution >= 0.6 is 0 Å². The van der Waals surface area contributed by atoms with Crippen LogP contribution in [0.5, 0.6) is 0 Å². The molecule has 6 rings (SSSR count). The molecule has 0 bridgehead atoms. The number of alkyl halides is 3. The Labute approximate surface area is 228 Å². The number of fused-ring (bicyclic) bond motifs is 2. The maximum atomic E-state index is 13.3.